The molecule has 2 amide bonds. The van der Waals surface area contributed by atoms with E-state index < -0.39 is 67.6 Å². The number of hydrogen-bond donors (Lipinski definition) is 0. The van der Waals surface area contributed by atoms with Gasteiger partial charge in [-0.1, -0.05) is 207 Å². The molecule has 0 N–H and O–H groups in total. The molecule has 364 valence electrons. The van der Waals surface area contributed by atoms with Crippen LogP contribution in [0.1, 0.15) is 233 Å². The standard InChI is InChI=1S/C47H84F10N2O2/c1-5-9-13-17-21-25-29-33-37-58(38-34-30-26-22-18-14-10-6-2)41(60)43(48,49)45(52,53)47(56,57)46(54,55)44(50,51)42(61)59(39-35-31-27-23-19-15-11-7-3)40-36-32-28-24-20-16-12-8-4/h5-40H2,1-4H3. The van der Waals surface area contributed by atoms with Crippen LogP contribution in [-0.4, -0.2) is 77.4 Å². The van der Waals surface area contributed by atoms with Gasteiger partial charge >= 0.3 is 29.6 Å². The van der Waals surface area contributed by atoms with Crippen molar-refractivity contribution >= 4 is 11.8 Å². The maximum Gasteiger partial charge on any atom is 0.392 e. The summed E-state index contributed by atoms with van der Waals surface area (Å²) in [5, 5.41) is 0. The van der Waals surface area contributed by atoms with Gasteiger partial charge in [-0.15, -0.1) is 0 Å². The molecule has 0 aliphatic heterocycles. The van der Waals surface area contributed by atoms with E-state index in [0.717, 1.165) is 128 Å². The zero-order chi connectivity index (χ0) is 46.3. The van der Waals surface area contributed by atoms with Gasteiger partial charge in [-0.3, -0.25) is 9.59 Å². The largest absolute Gasteiger partial charge is 0.392 e. The molecular formula is C47H84F10N2O2. The van der Waals surface area contributed by atoms with Crippen LogP contribution in [0.3, 0.4) is 0 Å². The number of amides is 2. The van der Waals surface area contributed by atoms with Crippen LogP contribution < -0.4 is 0 Å². The van der Waals surface area contributed by atoms with E-state index in [2.05, 4.69) is 0 Å². The van der Waals surface area contributed by atoms with E-state index in [9.17, 15) is 9.59 Å². The fourth-order valence-corrected chi connectivity index (χ4v) is 7.63. The van der Waals surface area contributed by atoms with Crippen LogP contribution in [-0.2, 0) is 9.59 Å². The minimum Gasteiger partial charge on any atom is -0.337 e. The first-order valence-corrected chi connectivity index (χ1v) is 24.3. The van der Waals surface area contributed by atoms with Gasteiger partial charge < -0.3 is 9.80 Å². The van der Waals surface area contributed by atoms with Gasteiger partial charge in [0.15, 0.2) is 0 Å². The van der Waals surface area contributed by atoms with E-state index in [0.29, 0.717) is 51.4 Å². The molecule has 0 fully saturated rings. The van der Waals surface area contributed by atoms with E-state index in [4.69, 9.17) is 0 Å². The maximum atomic E-state index is 15.5. The first-order chi connectivity index (χ1) is 28.9. The highest BCUT2D eigenvalue weighted by Gasteiger charge is 2.89. The van der Waals surface area contributed by atoms with Gasteiger partial charge in [-0.05, 0) is 25.7 Å². The first-order valence-electron chi connectivity index (χ1n) is 24.3. The van der Waals surface area contributed by atoms with E-state index in [1.165, 1.54) is 0 Å². The summed E-state index contributed by atoms with van der Waals surface area (Å²) in [6.45, 7) is 6.07. The molecule has 0 atom stereocenters. The lowest BCUT2D eigenvalue weighted by molar-refractivity contribution is -0.389. The smallest absolute Gasteiger partial charge is 0.337 e. The first kappa shape index (κ1) is 59.2. The molecule has 14 heteroatoms. The highest BCUT2D eigenvalue weighted by atomic mass is 19.4. The van der Waals surface area contributed by atoms with Crippen molar-refractivity contribution in [2.45, 2.75) is 263 Å². The summed E-state index contributed by atoms with van der Waals surface area (Å²) in [6.07, 6.45) is 23.4. The van der Waals surface area contributed by atoms with Crippen LogP contribution in [0.5, 0.6) is 0 Å². The Labute approximate surface area is 363 Å². The Kier molecular flexibility index (Phi) is 31.9. The number of halogens is 10. The topological polar surface area (TPSA) is 40.6 Å². The number of carbonyl (C=O) groups excluding carboxylic acids is 2. The lowest BCUT2D eigenvalue weighted by Crippen LogP contribution is -2.72. The van der Waals surface area contributed by atoms with Gasteiger partial charge in [0.2, 0.25) is 0 Å². The monoisotopic (exact) mass is 899 g/mol. The van der Waals surface area contributed by atoms with Gasteiger partial charge in [0.1, 0.15) is 0 Å². The van der Waals surface area contributed by atoms with Crippen molar-refractivity contribution in [2.24, 2.45) is 0 Å². The summed E-state index contributed by atoms with van der Waals surface area (Å²) in [5.74, 6) is -40.8. The Hall–Kier alpha value is -1.76. The SMILES string of the molecule is CCCCCCCCCCN(CCCCCCCCCC)C(=O)C(F)(F)C(F)(F)C(F)(F)C(F)(F)C(F)(F)C(=O)N(CCCCCCCCCC)CCCCCCCCCC. The molecule has 4 nitrogen and oxygen atoms in total. The van der Waals surface area contributed by atoms with E-state index in [-0.39, 0.29) is 35.5 Å². The molecule has 0 heterocycles. The number of rotatable bonds is 42. The summed E-state index contributed by atoms with van der Waals surface area (Å²) >= 11 is 0. The van der Waals surface area contributed by atoms with Crippen molar-refractivity contribution in [3.63, 3.8) is 0 Å². The lowest BCUT2D eigenvalue weighted by Gasteiger charge is -2.40. The van der Waals surface area contributed by atoms with Gasteiger partial charge in [-0.25, -0.2) is 0 Å². The summed E-state index contributed by atoms with van der Waals surface area (Å²) in [6, 6.07) is 0. The average molecular weight is 899 g/mol. The molecule has 0 aromatic rings. The molecule has 0 aliphatic rings. The molecule has 0 rings (SSSR count). The van der Waals surface area contributed by atoms with Gasteiger partial charge in [0.25, 0.3) is 11.8 Å². The summed E-state index contributed by atoms with van der Waals surface area (Å²) in [7, 11) is 0. The average Bonchev–Trinajstić information content (AvgIpc) is 3.22. The molecule has 0 radical (unpaired) electrons. The molecule has 0 aromatic heterocycles. The molecule has 0 saturated heterocycles. The Bertz CT molecular complexity index is 987. The Morgan fingerprint density at radius 2 is 0.443 bits per heavy atom. The molecular weight excluding hydrogens is 815 g/mol. The second-order valence-electron chi connectivity index (χ2n) is 17.4. The van der Waals surface area contributed by atoms with Crippen molar-refractivity contribution in [3.05, 3.63) is 0 Å². The predicted molar refractivity (Wildman–Crippen MR) is 228 cm³/mol. The summed E-state index contributed by atoms with van der Waals surface area (Å²) in [4.78, 5) is 26.7. The molecule has 0 aromatic carbocycles. The van der Waals surface area contributed by atoms with Crippen molar-refractivity contribution in [2.75, 3.05) is 26.2 Å². The molecule has 61 heavy (non-hydrogen) atoms. The zero-order valence-corrected chi connectivity index (χ0v) is 38.4. The highest BCUT2D eigenvalue weighted by molar-refractivity contribution is 5.86. The molecule has 0 aliphatic carbocycles. The number of unbranched alkanes of at least 4 members (excludes halogenated alkanes) is 28. The molecule has 0 unspecified atom stereocenters. The summed E-state index contributed by atoms with van der Waals surface area (Å²) < 4.78 is 154. The zero-order valence-electron chi connectivity index (χ0n) is 38.4. The minimum atomic E-state index is -7.51. The predicted octanol–water partition coefficient (Wildman–Crippen LogP) is 16.4. The van der Waals surface area contributed by atoms with E-state index >= 15 is 43.9 Å². The van der Waals surface area contributed by atoms with Crippen LogP contribution in [0.15, 0.2) is 0 Å². The molecule has 0 bridgehead atoms. The van der Waals surface area contributed by atoms with Crippen molar-refractivity contribution in [3.8, 4) is 0 Å². The quantitative estimate of drug-likeness (QED) is 0.0452. The fourth-order valence-electron chi connectivity index (χ4n) is 7.63. The van der Waals surface area contributed by atoms with Crippen LogP contribution in [0.25, 0.3) is 0 Å². The van der Waals surface area contributed by atoms with Gasteiger partial charge in [-0.2, -0.15) is 43.9 Å². The maximum absolute atomic E-state index is 15.5. The van der Waals surface area contributed by atoms with Crippen molar-refractivity contribution in [1.29, 1.82) is 0 Å². The minimum absolute atomic E-state index is 0.0604. The van der Waals surface area contributed by atoms with Crippen LogP contribution in [0, 0.1) is 0 Å². The second kappa shape index (κ2) is 32.8. The second-order valence-corrected chi connectivity index (χ2v) is 17.4. The lowest BCUT2D eigenvalue weighted by atomic mass is 9.92. The highest BCUT2D eigenvalue weighted by Crippen LogP contribution is 2.57. The Balaban J connectivity index is 6.16. The number of hydrogen-bond acceptors (Lipinski definition) is 2. The fraction of sp³-hybridized carbons (Fsp3) is 0.957. The third-order valence-electron chi connectivity index (χ3n) is 11.8. The Morgan fingerprint density at radius 3 is 0.623 bits per heavy atom. The van der Waals surface area contributed by atoms with Crippen LogP contribution in [0.4, 0.5) is 43.9 Å². The van der Waals surface area contributed by atoms with Gasteiger partial charge in [0, 0.05) is 26.2 Å². The normalized spacial score (nSPS) is 13.0. The Morgan fingerprint density at radius 1 is 0.279 bits per heavy atom. The third kappa shape index (κ3) is 20.7. The van der Waals surface area contributed by atoms with E-state index in [1.807, 2.05) is 27.7 Å². The third-order valence-corrected chi connectivity index (χ3v) is 11.8. The molecule has 0 saturated carbocycles. The number of nitrogens with zero attached hydrogens (tertiary/aromatic N) is 2. The summed E-state index contributed by atoms with van der Waals surface area (Å²) in [5.41, 5.74) is 0. The van der Waals surface area contributed by atoms with Crippen molar-refractivity contribution < 1.29 is 53.5 Å². The number of alkyl halides is 10. The van der Waals surface area contributed by atoms with E-state index in [1.54, 1.807) is 0 Å². The van der Waals surface area contributed by atoms with Crippen molar-refractivity contribution in [1.82, 2.24) is 9.80 Å². The number of carbonyl (C=O) groups is 2. The van der Waals surface area contributed by atoms with Crippen LogP contribution in [0.2, 0.25) is 0 Å². The van der Waals surface area contributed by atoms with Crippen LogP contribution >= 0.6 is 0 Å². The molecule has 0 spiro atoms. The van der Waals surface area contributed by atoms with Gasteiger partial charge in [0.05, 0.1) is 0 Å².